The smallest absolute Gasteiger partial charge is 0.308 e. The van der Waals surface area contributed by atoms with Crippen molar-refractivity contribution in [3.05, 3.63) is 89.7 Å². The predicted octanol–water partition coefficient (Wildman–Crippen LogP) is 6.12. The molecule has 2 heterocycles. The lowest BCUT2D eigenvalue weighted by molar-refractivity contribution is 0.183. The topological polar surface area (TPSA) is 48.5 Å². The van der Waals surface area contributed by atoms with Crippen LogP contribution in [0.4, 0.5) is 16.2 Å². The molecule has 5 nitrogen and oxygen atoms in total. The van der Waals surface area contributed by atoms with Gasteiger partial charge in [-0.25, -0.2) is 4.79 Å². The molecule has 4 rings (SSSR count). The highest BCUT2D eigenvalue weighted by atomic mass is 35.5. The normalized spacial score (nSPS) is 14.7. The van der Waals surface area contributed by atoms with Gasteiger partial charge in [-0.15, -0.1) is 0 Å². The second kappa shape index (κ2) is 11.8. The molecule has 0 bridgehead atoms. The Bertz CT molecular complexity index is 990. The third-order valence-corrected chi connectivity index (χ3v) is 6.48. The molecule has 1 aliphatic rings. The van der Waals surface area contributed by atoms with Crippen molar-refractivity contribution < 1.29 is 4.79 Å². The second-order valence-electron chi connectivity index (χ2n) is 8.63. The zero-order valence-corrected chi connectivity index (χ0v) is 19.6. The van der Waals surface area contributed by atoms with Gasteiger partial charge in [0.25, 0.3) is 0 Å². The number of carbonyl (C=O) groups excluding carboxylic acids is 1. The van der Waals surface area contributed by atoms with Crippen LogP contribution in [0.3, 0.4) is 0 Å². The lowest BCUT2D eigenvalue weighted by atomic mass is 9.90. The average Bonchev–Trinajstić information content (AvgIpc) is 2.85. The van der Waals surface area contributed by atoms with Crippen LogP contribution in [0, 0.1) is 5.92 Å². The Morgan fingerprint density at radius 2 is 1.79 bits per heavy atom. The molecule has 1 fully saturated rings. The minimum atomic E-state index is -0.160. The zero-order chi connectivity index (χ0) is 22.9. The fraction of sp³-hybridized carbons (Fsp3) is 0.333. The van der Waals surface area contributed by atoms with E-state index in [1.165, 1.54) is 24.8 Å². The number of likely N-dealkylation sites (tertiary alicyclic amines) is 1. The van der Waals surface area contributed by atoms with Crippen LogP contribution in [0.2, 0.25) is 5.02 Å². The molecule has 1 N–H and O–H groups in total. The number of benzene rings is 2. The van der Waals surface area contributed by atoms with Crippen LogP contribution in [0.5, 0.6) is 0 Å². The molecule has 172 valence electrons. The van der Waals surface area contributed by atoms with E-state index in [1.54, 1.807) is 41.6 Å². The summed E-state index contributed by atoms with van der Waals surface area (Å²) in [6.07, 6.45) is 8.01. The van der Waals surface area contributed by atoms with Gasteiger partial charge < -0.3 is 10.2 Å². The predicted molar refractivity (Wildman–Crippen MR) is 136 cm³/mol. The Balaban J connectivity index is 1.27. The molecular weight excluding hydrogens is 432 g/mol. The number of piperidine rings is 1. The largest absolute Gasteiger partial charge is 0.326 e. The number of carbonyl (C=O) groups is 1. The van der Waals surface area contributed by atoms with Crippen molar-refractivity contribution >= 4 is 29.0 Å². The molecule has 0 saturated carbocycles. The van der Waals surface area contributed by atoms with Gasteiger partial charge in [-0.05, 0) is 93.2 Å². The number of aromatic nitrogens is 1. The van der Waals surface area contributed by atoms with Gasteiger partial charge >= 0.3 is 6.03 Å². The summed E-state index contributed by atoms with van der Waals surface area (Å²) in [4.78, 5) is 21.5. The van der Waals surface area contributed by atoms with Crippen LogP contribution in [0.1, 0.15) is 24.8 Å². The first-order valence-electron chi connectivity index (χ1n) is 11.7. The summed E-state index contributed by atoms with van der Waals surface area (Å²) in [7, 11) is 0. The summed E-state index contributed by atoms with van der Waals surface area (Å²) in [5.41, 5.74) is 2.96. The number of hydrogen-bond donors (Lipinski definition) is 1. The van der Waals surface area contributed by atoms with Gasteiger partial charge in [0.1, 0.15) is 0 Å². The number of pyridine rings is 1. The number of hydrogen-bond acceptors (Lipinski definition) is 3. The highest BCUT2D eigenvalue weighted by molar-refractivity contribution is 6.30. The van der Waals surface area contributed by atoms with E-state index in [0.29, 0.717) is 11.6 Å². The zero-order valence-electron chi connectivity index (χ0n) is 18.9. The third-order valence-electron chi connectivity index (χ3n) is 6.23. The van der Waals surface area contributed by atoms with Gasteiger partial charge in [-0.3, -0.25) is 9.88 Å². The van der Waals surface area contributed by atoms with E-state index in [-0.39, 0.29) is 6.03 Å². The summed E-state index contributed by atoms with van der Waals surface area (Å²) in [5.74, 6) is 0.765. The minimum Gasteiger partial charge on any atom is -0.308 e. The number of anilines is 2. The fourth-order valence-electron chi connectivity index (χ4n) is 4.40. The number of halogens is 1. The van der Waals surface area contributed by atoms with E-state index in [2.05, 4.69) is 45.5 Å². The summed E-state index contributed by atoms with van der Waals surface area (Å²) in [5, 5.41) is 3.62. The Kier molecular flexibility index (Phi) is 8.34. The number of urea groups is 1. The summed E-state index contributed by atoms with van der Waals surface area (Å²) in [6.45, 7) is 3.88. The van der Waals surface area contributed by atoms with Crippen molar-refractivity contribution in [2.24, 2.45) is 5.92 Å². The van der Waals surface area contributed by atoms with Gasteiger partial charge in [-0.1, -0.05) is 41.9 Å². The van der Waals surface area contributed by atoms with Crippen LogP contribution in [-0.4, -0.2) is 42.1 Å². The molecule has 0 atom stereocenters. The van der Waals surface area contributed by atoms with Crippen molar-refractivity contribution in [2.45, 2.75) is 25.7 Å². The number of rotatable bonds is 8. The lowest BCUT2D eigenvalue weighted by Gasteiger charge is -2.32. The van der Waals surface area contributed by atoms with Crippen molar-refractivity contribution in [1.82, 2.24) is 9.88 Å². The Hall–Kier alpha value is -2.89. The van der Waals surface area contributed by atoms with E-state index in [0.717, 1.165) is 43.3 Å². The van der Waals surface area contributed by atoms with Crippen LogP contribution in [-0.2, 0) is 6.42 Å². The van der Waals surface area contributed by atoms with Crippen molar-refractivity contribution in [3.63, 3.8) is 0 Å². The third kappa shape index (κ3) is 7.04. The first kappa shape index (κ1) is 23.3. The van der Waals surface area contributed by atoms with E-state index in [9.17, 15) is 4.79 Å². The fourth-order valence-corrected chi connectivity index (χ4v) is 4.53. The lowest BCUT2D eigenvalue weighted by Crippen LogP contribution is -2.39. The molecule has 1 aliphatic heterocycles. The number of nitrogens with zero attached hydrogens (tertiary/aromatic N) is 3. The van der Waals surface area contributed by atoms with Crippen LogP contribution >= 0.6 is 11.6 Å². The summed E-state index contributed by atoms with van der Waals surface area (Å²) < 4.78 is 0. The Morgan fingerprint density at radius 3 is 2.48 bits per heavy atom. The maximum absolute atomic E-state index is 13.0. The van der Waals surface area contributed by atoms with Gasteiger partial charge in [0.15, 0.2) is 0 Å². The highest BCUT2D eigenvalue weighted by Gasteiger charge is 2.21. The Morgan fingerprint density at radius 1 is 1.03 bits per heavy atom. The molecule has 0 unspecified atom stereocenters. The SMILES string of the molecule is O=C(Nc1ccc(Cl)cc1)N(CCCN1CCC(Cc2ccccc2)CC1)c1cccnc1. The van der Waals surface area contributed by atoms with Crippen molar-refractivity contribution in [3.8, 4) is 0 Å². The highest BCUT2D eigenvalue weighted by Crippen LogP contribution is 2.22. The first-order chi connectivity index (χ1) is 16.2. The van der Waals surface area contributed by atoms with E-state index >= 15 is 0 Å². The van der Waals surface area contributed by atoms with Crippen molar-refractivity contribution in [1.29, 1.82) is 0 Å². The summed E-state index contributed by atoms with van der Waals surface area (Å²) in [6, 6.07) is 21.6. The maximum Gasteiger partial charge on any atom is 0.326 e. The molecule has 0 spiro atoms. The molecule has 0 radical (unpaired) electrons. The molecule has 2 aromatic carbocycles. The van der Waals surface area contributed by atoms with Gasteiger partial charge in [0.05, 0.1) is 11.9 Å². The monoisotopic (exact) mass is 462 g/mol. The molecule has 33 heavy (non-hydrogen) atoms. The van der Waals surface area contributed by atoms with Crippen LogP contribution in [0.25, 0.3) is 0 Å². The van der Waals surface area contributed by atoms with E-state index < -0.39 is 0 Å². The molecule has 6 heteroatoms. The number of nitrogens with one attached hydrogen (secondary N) is 1. The molecule has 1 aromatic heterocycles. The maximum atomic E-state index is 13.0. The average molecular weight is 463 g/mol. The Labute approximate surface area is 201 Å². The van der Waals surface area contributed by atoms with E-state index in [1.807, 2.05) is 12.1 Å². The van der Waals surface area contributed by atoms with Crippen LogP contribution in [0.15, 0.2) is 79.1 Å². The molecule has 0 aliphatic carbocycles. The van der Waals surface area contributed by atoms with Crippen molar-refractivity contribution in [2.75, 3.05) is 36.4 Å². The molecule has 3 aromatic rings. The van der Waals surface area contributed by atoms with Gasteiger partial charge in [-0.2, -0.15) is 0 Å². The van der Waals surface area contributed by atoms with Gasteiger partial charge in [0.2, 0.25) is 0 Å². The molecule has 1 saturated heterocycles. The van der Waals surface area contributed by atoms with Gasteiger partial charge in [0, 0.05) is 23.5 Å². The second-order valence-corrected chi connectivity index (χ2v) is 9.06. The first-order valence-corrected chi connectivity index (χ1v) is 12.1. The molecule has 2 amide bonds. The summed E-state index contributed by atoms with van der Waals surface area (Å²) >= 11 is 5.96. The standard InChI is InChI=1S/C27H31ClN4O/c28-24-9-11-25(12-10-24)30-27(33)32(26-8-4-15-29-21-26)17-5-16-31-18-13-23(14-19-31)20-22-6-2-1-3-7-22/h1-4,6-12,15,21,23H,5,13-14,16-20H2,(H,30,33). The minimum absolute atomic E-state index is 0.160. The molecular formula is C27H31ClN4O. The van der Waals surface area contributed by atoms with E-state index in [4.69, 9.17) is 11.6 Å². The number of amides is 2. The quantitative estimate of drug-likeness (QED) is 0.438. The van der Waals surface area contributed by atoms with Crippen LogP contribution < -0.4 is 10.2 Å².